The first-order valence-electron chi connectivity index (χ1n) is 9.69. The minimum atomic E-state index is -0.954. The second-order valence-corrected chi connectivity index (χ2v) is 8.29. The summed E-state index contributed by atoms with van der Waals surface area (Å²) in [5.41, 5.74) is -1.72. The van der Waals surface area contributed by atoms with Crippen LogP contribution in [0.4, 0.5) is 14.4 Å². The van der Waals surface area contributed by atoms with E-state index in [0.29, 0.717) is 51.4 Å². The summed E-state index contributed by atoms with van der Waals surface area (Å²) < 4.78 is 0. The Bertz CT molecular complexity index is 847. The number of amides is 6. The van der Waals surface area contributed by atoms with Gasteiger partial charge in [0.15, 0.2) is 5.66 Å². The monoisotopic (exact) mass is 385 g/mol. The summed E-state index contributed by atoms with van der Waals surface area (Å²) in [6.07, 6.45) is 8.01. The van der Waals surface area contributed by atoms with Crippen LogP contribution in [0, 0.1) is 5.92 Å². The fraction of sp³-hybridized carbons (Fsp3) is 0.722. The van der Waals surface area contributed by atoms with Crippen LogP contribution < -0.4 is 0 Å². The van der Waals surface area contributed by atoms with Gasteiger partial charge in [-0.2, -0.15) is 0 Å². The van der Waals surface area contributed by atoms with Crippen molar-refractivity contribution in [2.75, 3.05) is 0 Å². The van der Waals surface area contributed by atoms with Crippen LogP contribution in [0.5, 0.6) is 0 Å². The molecule has 28 heavy (non-hydrogen) atoms. The SMILES string of the molecule is O=C=NC1CCC(C23N4C(=O)N(C(=O)N2C4=O)C32CCC(N=C=O)CC2)CC1. The fourth-order valence-corrected chi connectivity index (χ4v) is 6.43. The number of hydrogen-bond acceptors (Lipinski definition) is 7. The Morgan fingerprint density at radius 2 is 1.18 bits per heavy atom. The molecule has 0 aromatic carbocycles. The van der Waals surface area contributed by atoms with E-state index in [2.05, 4.69) is 9.98 Å². The van der Waals surface area contributed by atoms with E-state index in [1.807, 2.05) is 0 Å². The molecule has 0 radical (unpaired) electrons. The smallest absolute Gasteiger partial charge is 0.247 e. The summed E-state index contributed by atoms with van der Waals surface area (Å²) in [6.45, 7) is 0. The van der Waals surface area contributed by atoms with E-state index in [4.69, 9.17) is 0 Å². The topological polar surface area (TPSA) is 120 Å². The highest BCUT2D eigenvalue weighted by Gasteiger charge is 2.88. The van der Waals surface area contributed by atoms with Crippen LogP contribution >= 0.6 is 0 Å². The highest BCUT2D eigenvalue weighted by molar-refractivity contribution is 6.21. The molecule has 3 saturated heterocycles. The van der Waals surface area contributed by atoms with Crippen molar-refractivity contribution in [3.05, 3.63) is 0 Å². The molecule has 2 saturated carbocycles. The summed E-state index contributed by atoms with van der Waals surface area (Å²) in [5.74, 6) is -0.0603. The maximum atomic E-state index is 12.9. The van der Waals surface area contributed by atoms with E-state index >= 15 is 0 Å². The van der Waals surface area contributed by atoms with Crippen molar-refractivity contribution in [1.29, 1.82) is 0 Å². The molecule has 10 heteroatoms. The van der Waals surface area contributed by atoms with Gasteiger partial charge in [-0.3, -0.25) is 0 Å². The van der Waals surface area contributed by atoms with Gasteiger partial charge >= 0.3 is 18.1 Å². The van der Waals surface area contributed by atoms with E-state index in [0.717, 1.165) is 0 Å². The van der Waals surface area contributed by atoms with E-state index in [1.165, 1.54) is 14.7 Å². The van der Waals surface area contributed by atoms with E-state index in [-0.39, 0.29) is 18.0 Å². The first kappa shape index (κ1) is 17.3. The van der Waals surface area contributed by atoms with Crippen molar-refractivity contribution in [3.8, 4) is 0 Å². The molecule has 10 nitrogen and oxygen atoms in total. The van der Waals surface area contributed by atoms with Crippen molar-refractivity contribution >= 4 is 30.3 Å². The van der Waals surface area contributed by atoms with Gasteiger partial charge in [0, 0.05) is 5.92 Å². The van der Waals surface area contributed by atoms with Crippen LogP contribution in [0.15, 0.2) is 9.98 Å². The predicted octanol–water partition coefficient (Wildman–Crippen LogP) is 1.90. The number of rotatable bonds is 3. The zero-order chi connectivity index (χ0) is 19.7. The Labute approximate surface area is 160 Å². The highest BCUT2D eigenvalue weighted by Crippen LogP contribution is 2.66. The average molecular weight is 385 g/mol. The van der Waals surface area contributed by atoms with Crippen molar-refractivity contribution in [1.82, 2.24) is 14.7 Å². The second-order valence-electron chi connectivity index (χ2n) is 8.29. The molecule has 0 aromatic rings. The second kappa shape index (κ2) is 5.59. The molecule has 2 aliphatic carbocycles. The standard InChI is InChI=1S/C18H19N5O5/c24-9-19-12-3-1-11(2-4-12)18-17(7-5-13(6-8-17)20-10-25)21-14(26)22(18)16(28)23(18)15(21)27/h11-13H,1-8H2. The quantitative estimate of drug-likeness (QED) is 0.543. The third kappa shape index (κ3) is 1.69. The largest absolute Gasteiger partial charge is 0.340 e. The minimum absolute atomic E-state index is 0.0603. The van der Waals surface area contributed by atoms with Crippen LogP contribution in [0.3, 0.4) is 0 Å². The summed E-state index contributed by atoms with van der Waals surface area (Å²) in [7, 11) is 0. The average Bonchev–Trinajstić information content (AvgIpc) is 2.97. The van der Waals surface area contributed by atoms with Gasteiger partial charge in [-0.1, -0.05) is 0 Å². The lowest BCUT2D eigenvalue weighted by Gasteiger charge is -2.60. The van der Waals surface area contributed by atoms with Gasteiger partial charge in [0.1, 0.15) is 0 Å². The van der Waals surface area contributed by atoms with E-state index in [1.54, 1.807) is 12.2 Å². The van der Waals surface area contributed by atoms with Gasteiger partial charge in [-0.15, -0.1) is 0 Å². The van der Waals surface area contributed by atoms with E-state index in [9.17, 15) is 24.0 Å². The van der Waals surface area contributed by atoms with Crippen LogP contribution in [0.25, 0.3) is 0 Å². The number of carbonyl (C=O) groups is 3. The molecule has 1 spiro atoms. The van der Waals surface area contributed by atoms with Gasteiger partial charge < -0.3 is 0 Å². The van der Waals surface area contributed by atoms with Crippen LogP contribution in [-0.4, -0.2) is 68.2 Å². The zero-order valence-electron chi connectivity index (χ0n) is 15.2. The molecule has 5 rings (SSSR count). The first-order valence-corrected chi connectivity index (χ1v) is 9.69. The molecule has 5 aliphatic rings. The van der Waals surface area contributed by atoms with Crippen molar-refractivity contribution in [2.24, 2.45) is 15.9 Å². The summed E-state index contributed by atoms with van der Waals surface area (Å²) in [6, 6.07) is -1.85. The Kier molecular flexibility index (Phi) is 3.45. The molecule has 3 heterocycles. The summed E-state index contributed by atoms with van der Waals surface area (Å²) in [4.78, 5) is 71.1. The van der Waals surface area contributed by atoms with E-state index < -0.39 is 29.3 Å². The molecule has 5 fully saturated rings. The molecule has 0 unspecified atom stereocenters. The normalized spacial score (nSPS) is 41.1. The molecule has 0 N–H and O–H groups in total. The molecule has 3 aliphatic heterocycles. The number of isocyanates is 2. The number of nitrogens with zero attached hydrogens (tertiary/aromatic N) is 5. The van der Waals surface area contributed by atoms with Crippen molar-refractivity contribution < 1.29 is 24.0 Å². The van der Waals surface area contributed by atoms with Crippen LogP contribution in [0.2, 0.25) is 0 Å². The van der Waals surface area contributed by atoms with Crippen molar-refractivity contribution in [3.63, 3.8) is 0 Å². The predicted molar refractivity (Wildman–Crippen MR) is 91.4 cm³/mol. The third-order valence-electron chi connectivity index (χ3n) is 7.46. The Morgan fingerprint density at radius 3 is 1.68 bits per heavy atom. The molecular weight excluding hydrogens is 366 g/mol. The lowest BCUT2D eigenvalue weighted by atomic mass is 9.62. The zero-order valence-corrected chi connectivity index (χ0v) is 15.2. The minimum Gasteiger partial charge on any atom is -0.247 e. The van der Waals surface area contributed by atoms with Gasteiger partial charge in [0.2, 0.25) is 12.2 Å². The number of aliphatic imine (C=N–C) groups is 2. The molecule has 2 bridgehead atoms. The van der Waals surface area contributed by atoms with Gasteiger partial charge in [0.25, 0.3) is 0 Å². The maximum Gasteiger partial charge on any atom is 0.340 e. The number of imide groups is 3. The summed E-state index contributed by atoms with van der Waals surface area (Å²) >= 11 is 0. The molecular formula is C18H19N5O5. The van der Waals surface area contributed by atoms with Crippen LogP contribution in [-0.2, 0) is 9.59 Å². The lowest BCUT2D eigenvalue weighted by Crippen LogP contribution is -2.83. The Morgan fingerprint density at radius 1 is 0.714 bits per heavy atom. The fourth-order valence-electron chi connectivity index (χ4n) is 6.43. The van der Waals surface area contributed by atoms with Gasteiger partial charge in [-0.25, -0.2) is 48.7 Å². The molecule has 0 aromatic heterocycles. The molecule has 6 amide bonds. The highest BCUT2D eigenvalue weighted by atomic mass is 16.3. The third-order valence-corrected chi connectivity index (χ3v) is 7.46. The maximum absolute atomic E-state index is 12.9. The number of hydrogen-bond donors (Lipinski definition) is 0. The molecule has 146 valence electrons. The molecule has 0 atom stereocenters. The summed E-state index contributed by atoms with van der Waals surface area (Å²) in [5, 5.41) is 0. The van der Waals surface area contributed by atoms with Crippen molar-refractivity contribution in [2.45, 2.75) is 74.7 Å². The number of carbonyl (C=O) groups excluding carboxylic acids is 5. The van der Waals surface area contributed by atoms with Crippen LogP contribution in [0.1, 0.15) is 51.4 Å². The first-order chi connectivity index (χ1) is 13.5. The number of urea groups is 3. The Hall–Kier alpha value is -2.83. The Balaban J connectivity index is 1.54. The lowest BCUT2D eigenvalue weighted by molar-refractivity contribution is -0.107. The van der Waals surface area contributed by atoms with Gasteiger partial charge in [0.05, 0.1) is 17.6 Å². The van der Waals surface area contributed by atoms with Gasteiger partial charge in [-0.05, 0) is 51.4 Å².